The van der Waals surface area contributed by atoms with Gasteiger partial charge in [0.2, 0.25) is 0 Å². The van der Waals surface area contributed by atoms with Gasteiger partial charge in [0.15, 0.2) is 0 Å². The van der Waals surface area contributed by atoms with E-state index in [1.807, 2.05) is 75.7 Å². The molecule has 0 unspecified atom stereocenters. The van der Waals surface area contributed by atoms with Gasteiger partial charge in [0, 0.05) is 43.8 Å². The third-order valence-electron chi connectivity index (χ3n) is 5.01. The highest BCUT2D eigenvalue weighted by Gasteiger charge is 2.34. The molecule has 1 atom stereocenters. The van der Waals surface area contributed by atoms with Crippen LogP contribution in [0.5, 0.6) is 5.75 Å². The van der Waals surface area contributed by atoms with Gasteiger partial charge in [-0.3, -0.25) is 4.79 Å². The van der Waals surface area contributed by atoms with Crippen molar-refractivity contribution in [3.63, 3.8) is 0 Å². The zero-order valence-electron chi connectivity index (χ0n) is 15.8. The molecular formula is C22H23N3O2. The maximum atomic E-state index is 12.8. The summed E-state index contributed by atoms with van der Waals surface area (Å²) in [5.74, 6) is 0.890. The average molecular weight is 361 g/mol. The smallest absolute Gasteiger partial charge is 0.257 e. The lowest BCUT2D eigenvalue weighted by Gasteiger charge is -2.41. The van der Waals surface area contributed by atoms with Gasteiger partial charge in [-0.1, -0.05) is 18.2 Å². The van der Waals surface area contributed by atoms with Gasteiger partial charge in [0.05, 0.1) is 17.9 Å². The minimum absolute atomic E-state index is 0.0415. The van der Waals surface area contributed by atoms with Gasteiger partial charge in [-0.2, -0.15) is 0 Å². The second kappa shape index (κ2) is 6.83. The van der Waals surface area contributed by atoms with Crippen molar-refractivity contribution in [1.29, 1.82) is 0 Å². The largest absolute Gasteiger partial charge is 0.494 e. The molecule has 1 aliphatic rings. The quantitative estimate of drug-likeness (QED) is 0.702. The molecule has 0 fully saturated rings. The third-order valence-corrected chi connectivity index (χ3v) is 5.01. The van der Waals surface area contributed by atoms with Crippen LogP contribution in [0.4, 0.5) is 5.69 Å². The van der Waals surface area contributed by atoms with Crippen molar-refractivity contribution in [3.8, 4) is 11.4 Å². The number of para-hydroxylation sites is 1. The molecule has 5 nitrogen and oxygen atoms in total. The van der Waals surface area contributed by atoms with E-state index in [1.54, 1.807) is 4.90 Å². The van der Waals surface area contributed by atoms with Gasteiger partial charge in [0.1, 0.15) is 11.9 Å². The number of anilines is 1. The summed E-state index contributed by atoms with van der Waals surface area (Å²) in [5, 5.41) is 0. The highest BCUT2D eigenvalue weighted by molar-refractivity contribution is 6.01. The summed E-state index contributed by atoms with van der Waals surface area (Å²) in [7, 11) is 3.88. The van der Waals surface area contributed by atoms with Gasteiger partial charge in [0.25, 0.3) is 5.91 Å². The van der Waals surface area contributed by atoms with Crippen LogP contribution in [-0.2, 0) is 0 Å². The highest BCUT2D eigenvalue weighted by atomic mass is 16.5. The average Bonchev–Trinajstić information content (AvgIpc) is 3.17. The summed E-state index contributed by atoms with van der Waals surface area (Å²) < 4.78 is 7.66. The Kier molecular flexibility index (Phi) is 4.36. The zero-order valence-corrected chi connectivity index (χ0v) is 15.8. The van der Waals surface area contributed by atoms with E-state index in [4.69, 9.17) is 4.74 Å². The number of carbonyl (C=O) groups is 1. The zero-order chi connectivity index (χ0) is 19.0. The number of hydrogen-bond acceptors (Lipinski definition) is 3. The molecule has 2 heterocycles. The maximum Gasteiger partial charge on any atom is 0.257 e. The monoisotopic (exact) mass is 361 g/mol. The summed E-state index contributed by atoms with van der Waals surface area (Å²) in [5.41, 5.74) is 3.78. The summed E-state index contributed by atoms with van der Waals surface area (Å²) in [6.07, 6.45) is 3.94. The Balaban J connectivity index is 1.69. The fourth-order valence-electron chi connectivity index (χ4n) is 3.73. The molecule has 0 spiro atoms. The van der Waals surface area contributed by atoms with Crippen LogP contribution in [0.1, 0.15) is 29.0 Å². The molecule has 0 saturated carbocycles. The minimum atomic E-state index is -0.149. The van der Waals surface area contributed by atoms with E-state index in [2.05, 4.69) is 21.7 Å². The summed E-state index contributed by atoms with van der Waals surface area (Å²) in [6.45, 7) is 2.61. The predicted octanol–water partition coefficient (Wildman–Crippen LogP) is 4.10. The molecule has 0 N–H and O–H groups in total. The van der Waals surface area contributed by atoms with Crippen LogP contribution in [0.15, 0.2) is 67.0 Å². The second-order valence-corrected chi connectivity index (χ2v) is 6.70. The fourth-order valence-corrected chi connectivity index (χ4v) is 3.73. The van der Waals surface area contributed by atoms with E-state index in [-0.39, 0.29) is 12.1 Å². The minimum Gasteiger partial charge on any atom is -0.494 e. The first kappa shape index (κ1) is 17.2. The number of carbonyl (C=O) groups excluding carboxylic acids is 1. The lowest BCUT2D eigenvalue weighted by molar-refractivity contribution is 0.0711. The fraction of sp³-hybridized carbons (Fsp3) is 0.227. The molecule has 0 bridgehead atoms. The van der Waals surface area contributed by atoms with Gasteiger partial charge in [-0.15, -0.1) is 0 Å². The van der Waals surface area contributed by atoms with Crippen molar-refractivity contribution in [2.45, 2.75) is 13.1 Å². The number of nitrogens with zero attached hydrogens (tertiary/aromatic N) is 3. The van der Waals surface area contributed by atoms with Crippen molar-refractivity contribution in [2.75, 3.05) is 25.6 Å². The van der Waals surface area contributed by atoms with Crippen molar-refractivity contribution >= 4 is 11.6 Å². The van der Waals surface area contributed by atoms with Crippen LogP contribution < -0.4 is 9.64 Å². The number of aromatic nitrogens is 1. The molecule has 1 amide bonds. The van der Waals surface area contributed by atoms with Crippen molar-refractivity contribution in [1.82, 2.24) is 9.47 Å². The molecule has 138 valence electrons. The van der Waals surface area contributed by atoms with Crippen LogP contribution in [-0.4, -0.2) is 36.1 Å². The Labute approximate surface area is 159 Å². The molecule has 27 heavy (non-hydrogen) atoms. The van der Waals surface area contributed by atoms with Crippen LogP contribution >= 0.6 is 0 Å². The van der Waals surface area contributed by atoms with Crippen molar-refractivity contribution in [3.05, 3.63) is 78.1 Å². The number of rotatable bonds is 4. The molecule has 5 heteroatoms. The third kappa shape index (κ3) is 2.95. The Morgan fingerprint density at radius 3 is 2.63 bits per heavy atom. The number of benzene rings is 2. The number of hydrogen-bond donors (Lipinski definition) is 0. The van der Waals surface area contributed by atoms with Crippen LogP contribution in [0, 0.1) is 0 Å². The standard InChI is InChI=1S/C22H23N3O2/c1-4-27-18-9-7-8-17(14-18)25-13-12-16(15-25)21-23(2)20-11-6-5-10-19(20)22(26)24(21)3/h5-15,21H,4H2,1-3H3/t21-/m1/s1. The predicted molar refractivity (Wildman–Crippen MR) is 107 cm³/mol. The summed E-state index contributed by atoms with van der Waals surface area (Å²) in [6, 6.07) is 17.8. The lowest BCUT2D eigenvalue weighted by Crippen LogP contribution is -2.45. The molecular weight excluding hydrogens is 338 g/mol. The van der Waals surface area contributed by atoms with Gasteiger partial charge >= 0.3 is 0 Å². The molecule has 3 aromatic rings. The lowest BCUT2D eigenvalue weighted by atomic mass is 10.0. The van der Waals surface area contributed by atoms with E-state index in [0.29, 0.717) is 6.61 Å². The van der Waals surface area contributed by atoms with Crippen molar-refractivity contribution < 1.29 is 9.53 Å². The Morgan fingerprint density at radius 1 is 1.00 bits per heavy atom. The molecule has 4 rings (SSSR count). The first-order valence-electron chi connectivity index (χ1n) is 9.10. The Hall–Kier alpha value is -3.21. The van der Waals surface area contributed by atoms with E-state index < -0.39 is 0 Å². The van der Waals surface area contributed by atoms with Gasteiger partial charge < -0.3 is 19.1 Å². The van der Waals surface area contributed by atoms with Gasteiger partial charge in [-0.05, 0) is 37.3 Å². The summed E-state index contributed by atoms with van der Waals surface area (Å²) >= 11 is 0. The Morgan fingerprint density at radius 2 is 1.81 bits per heavy atom. The van der Waals surface area contributed by atoms with Gasteiger partial charge in [-0.25, -0.2) is 0 Å². The molecule has 0 radical (unpaired) electrons. The van der Waals surface area contributed by atoms with E-state index in [9.17, 15) is 4.79 Å². The molecule has 0 aliphatic carbocycles. The molecule has 1 aliphatic heterocycles. The number of fused-ring (bicyclic) bond motifs is 1. The first-order valence-corrected chi connectivity index (χ1v) is 9.10. The summed E-state index contributed by atoms with van der Waals surface area (Å²) in [4.78, 5) is 16.8. The topological polar surface area (TPSA) is 37.7 Å². The molecule has 2 aromatic carbocycles. The normalized spacial score (nSPS) is 16.4. The molecule has 0 saturated heterocycles. The highest BCUT2D eigenvalue weighted by Crippen LogP contribution is 2.36. The SMILES string of the molecule is CCOc1cccc(-n2ccc([C@H]3N(C)C(=O)c4ccccc4N3C)c2)c1. The first-order chi connectivity index (χ1) is 13.1. The van der Waals surface area contributed by atoms with Crippen LogP contribution in [0.25, 0.3) is 5.69 Å². The number of ether oxygens (including phenoxy) is 1. The molecule has 1 aromatic heterocycles. The Bertz CT molecular complexity index is 979. The van der Waals surface area contributed by atoms with E-state index in [1.165, 1.54) is 0 Å². The van der Waals surface area contributed by atoms with Crippen LogP contribution in [0.2, 0.25) is 0 Å². The van der Waals surface area contributed by atoms with E-state index in [0.717, 1.165) is 28.3 Å². The van der Waals surface area contributed by atoms with Crippen LogP contribution in [0.3, 0.4) is 0 Å². The van der Waals surface area contributed by atoms with E-state index >= 15 is 0 Å². The maximum absolute atomic E-state index is 12.8. The number of amides is 1. The van der Waals surface area contributed by atoms with Crippen molar-refractivity contribution in [2.24, 2.45) is 0 Å². The second-order valence-electron chi connectivity index (χ2n) is 6.70.